The van der Waals surface area contributed by atoms with Crippen LogP contribution < -0.4 is 5.73 Å². The summed E-state index contributed by atoms with van der Waals surface area (Å²) in [6.07, 6.45) is 1.44. The van der Waals surface area contributed by atoms with Gasteiger partial charge in [0.05, 0.1) is 12.7 Å². The molecule has 0 radical (unpaired) electrons. The Labute approximate surface area is 112 Å². The van der Waals surface area contributed by atoms with Crippen molar-refractivity contribution in [1.29, 1.82) is 0 Å². The average Bonchev–Trinajstić information content (AvgIpc) is 2.35. The van der Waals surface area contributed by atoms with Crippen LogP contribution >= 0.6 is 0 Å². The fraction of sp³-hybridized carbons (Fsp3) is 0.625. The molecule has 0 spiro atoms. The molecule has 2 N–H and O–H groups in total. The smallest absolute Gasteiger partial charge is 0.0720 e. The molecular formula is C16H27NO. The Kier molecular flexibility index (Phi) is 6.37. The predicted molar refractivity (Wildman–Crippen MR) is 77.6 cm³/mol. The van der Waals surface area contributed by atoms with E-state index in [0.717, 1.165) is 6.42 Å². The molecule has 1 aromatic carbocycles. The van der Waals surface area contributed by atoms with Crippen LogP contribution in [0, 0.1) is 5.92 Å². The topological polar surface area (TPSA) is 35.2 Å². The summed E-state index contributed by atoms with van der Waals surface area (Å²) in [4.78, 5) is 0. The first kappa shape index (κ1) is 15.2. The first-order valence-corrected chi connectivity index (χ1v) is 6.93. The molecular weight excluding hydrogens is 222 g/mol. The summed E-state index contributed by atoms with van der Waals surface area (Å²) < 4.78 is 5.84. The highest BCUT2D eigenvalue weighted by Gasteiger charge is 2.06. The Morgan fingerprint density at radius 1 is 1.06 bits per heavy atom. The molecule has 0 aliphatic heterocycles. The highest BCUT2D eigenvalue weighted by Crippen LogP contribution is 2.16. The van der Waals surface area contributed by atoms with Crippen molar-refractivity contribution in [2.24, 2.45) is 11.7 Å². The van der Waals surface area contributed by atoms with Crippen molar-refractivity contribution in [3.63, 3.8) is 0 Å². The minimum atomic E-state index is 0.327. The maximum atomic E-state index is 5.84. The van der Waals surface area contributed by atoms with Crippen LogP contribution in [0.4, 0.5) is 0 Å². The Hall–Kier alpha value is -0.860. The Balaban J connectivity index is 2.44. The molecule has 0 bridgehead atoms. The molecule has 0 fully saturated rings. The average molecular weight is 249 g/mol. The fourth-order valence-electron chi connectivity index (χ4n) is 2.05. The standard InChI is InChI=1S/C16H27NO/c1-12(2)9-14(4)18-11-15-5-7-16(8-6-15)13(3)10-17/h5-8,12-14H,9-11,17H2,1-4H3. The van der Waals surface area contributed by atoms with Gasteiger partial charge in [-0.3, -0.25) is 0 Å². The normalized spacial score (nSPS) is 14.8. The van der Waals surface area contributed by atoms with Crippen LogP contribution in [0.2, 0.25) is 0 Å². The summed E-state index contributed by atoms with van der Waals surface area (Å²) in [5.41, 5.74) is 8.20. The highest BCUT2D eigenvalue weighted by atomic mass is 16.5. The molecule has 2 unspecified atom stereocenters. The lowest BCUT2D eigenvalue weighted by Crippen LogP contribution is -2.11. The van der Waals surface area contributed by atoms with E-state index >= 15 is 0 Å². The molecule has 0 heterocycles. The molecule has 0 amide bonds. The van der Waals surface area contributed by atoms with Crippen LogP contribution in [0.25, 0.3) is 0 Å². The Bertz CT molecular complexity index is 331. The minimum Gasteiger partial charge on any atom is -0.374 e. The second kappa shape index (κ2) is 7.55. The van der Waals surface area contributed by atoms with Gasteiger partial charge in [0.25, 0.3) is 0 Å². The van der Waals surface area contributed by atoms with E-state index in [1.807, 2.05) is 0 Å². The van der Waals surface area contributed by atoms with Crippen molar-refractivity contribution in [2.75, 3.05) is 6.54 Å². The lowest BCUT2D eigenvalue weighted by Gasteiger charge is -2.15. The van der Waals surface area contributed by atoms with Crippen LogP contribution in [0.5, 0.6) is 0 Å². The Morgan fingerprint density at radius 2 is 1.67 bits per heavy atom. The van der Waals surface area contributed by atoms with Gasteiger partial charge in [0.1, 0.15) is 0 Å². The van der Waals surface area contributed by atoms with Crippen molar-refractivity contribution in [2.45, 2.75) is 52.7 Å². The van der Waals surface area contributed by atoms with Crippen LogP contribution in [-0.2, 0) is 11.3 Å². The zero-order chi connectivity index (χ0) is 13.5. The molecule has 102 valence electrons. The molecule has 2 atom stereocenters. The summed E-state index contributed by atoms with van der Waals surface area (Å²) in [6, 6.07) is 8.60. The molecule has 0 aliphatic rings. The van der Waals surface area contributed by atoms with E-state index in [1.54, 1.807) is 0 Å². The van der Waals surface area contributed by atoms with E-state index in [1.165, 1.54) is 11.1 Å². The van der Waals surface area contributed by atoms with E-state index in [2.05, 4.69) is 52.0 Å². The van der Waals surface area contributed by atoms with Crippen molar-refractivity contribution in [3.05, 3.63) is 35.4 Å². The highest BCUT2D eigenvalue weighted by molar-refractivity contribution is 5.24. The van der Waals surface area contributed by atoms with Gasteiger partial charge in [0.2, 0.25) is 0 Å². The first-order valence-electron chi connectivity index (χ1n) is 6.93. The summed E-state index contributed by atoms with van der Waals surface area (Å²) in [5.74, 6) is 1.12. The molecule has 2 heteroatoms. The van der Waals surface area contributed by atoms with E-state index in [0.29, 0.717) is 31.1 Å². The molecule has 18 heavy (non-hydrogen) atoms. The molecule has 0 aliphatic carbocycles. The molecule has 0 saturated carbocycles. The molecule has 0 saturated heterocycles. The van der Waals surface area contributed by atoms with E-state index < -0.39 is 0 Å². The summed E-state index contributed by atoms with van der Waals surface area (Å²) in [5, 5.41) is 0. The number of ether oxygens (including phenoxy) is 1. The third kappa shape index (κ3) is 5.19. The lowest BCUT2D eigenvalue weighted by molar-refractivity contribution is 0.0397. The van der Waals surface area contributed by atoms with Gasteiger partial charge in [-0.05, 0) is 42.9 Å². The Morgan fingerprint density at radius 3 is 2.17 bits per heavy atom. The number of rotatable bonds is 7. The van der Waals surface area contributed by atoms with Crippen LogP contribution in [-0.4, -0.2) is 12.6 Å². The zero-order valence-corrected chi connectivity index (χ0v) is 12.1. The van der Waals surface area contributed by atoms with E-state index in [4.69, 9.17) is 10.5 Å². The van der Waals surface area contributed by atoms with Crippen molar-refractivity contribution in [3.8, 4) is 0 Å². The molecule has 0 aromatic heterocycles. The van der Waals surface area contributed by atoms with Crippen LogP contribution in [0.15, 0.2) is 24.3 Å². The summed E-state index contributed by atoms with van der Waals surface area (Å²) in [7, 11) is 0. The summed E-state index contributed by atoms with van der Waals surface area (Å²) in [6.45, 7) is 10.1. The van der Waals surface area contributed by atoms with Gasteiger partial charge in [-0.2, -0.15) is 0 Å². The first-order chi connectivity index (χ1) is 8.52. The number of benzene rings is 1. The van der Waals surface area contributed by atoms with Gasteiger partial charge in [-0.1, -0.05) is 45.0 Å². The molecule has 2 nitrogen and oxygen atoms in total. The third-order valence-electron chi connectivity index (χ3n) is 3.24. The predicted octanol–water partition coefficient (Wildman–Crippen LogP) is 3.70. The largest absolute Gasteiger partial charge is 0.374 e. The SMILES string of the molecule is CC(C)CC(C)OCc1ccc(C(C)CN)cc1. The fourth-order valence-corrected chi connectivity index (χ4v) is 2.05. The summed E-state index contributed by atoms with van der Waals surface area (Å²) >= 11 is 0. The number of hydrogen-bond donors (Lipinski definition) is 1. The van der Waals surface area contributed by atoms with E-state index in [-0.39, 0.29) is 0 Å². The van der Waals surface area contributed by atoms with Crippen molar-refractivity contribution >= 4 is 0 Å². The van der Waals surface area contributed by atoms with Crippen LogP contribution in [0.1, 0.15) is 51.2 Å². The monoisotopic (exact) mass is 249 g/mol. The maximum absolute atomic E-state index is 5.84. The van der Waals surface area contributed by atoms with Gasteiger partial charge >= 0.3 is 0 Å². The van der Waals surface area contributed by atoms with Gasteiger partial charge in [-0.15, -0.1) is 0 Å². The van der Waals surface area contributed by atoms with E-state index in [9.17, 15) is 0 Å². The minimum absolute atomic E-state index is 0.327. The van der Waals surface area contributed by atoms with Gasteiger partial charge < -0.3 is 10.5 Å². The number of nitrogens with two attached hydrogens (primary N) is 1. The van der Waals surface area contributed by atoms with Crippen molar-refractivity contribution in [1.82, 2.24) is 0 Å². The molecule has 1 rings (SSSR count). The van der Waals surface area contributed by atoms with Gasteiger partial charge in [-0.25, -0.2) is 0 Å². The zero-order valence-electron chi connectivity index (χ0n) is 12.1. The quantitative estimate of drug-likeness (QED) is 0.799. The third-order valence-corrected chi connectivity index (χ3v) is 3.24. The van der Waals surface area contributed by atoms with Crippen molar-refractivity contribution < 1.29 is 4.74 Å². The number of hydrogen-bond acceptors (Lipinski definition) is 2. The van der Waals surface area contributed by atoms with Gasteiger partial charge in [0, 0.05) is 0 Å². The maximum Gasteiger partial charge on any atom is 0.0720 e. The van der Waals surface area contributed by atoms with Gasteiger partial charge in [0.15, 0.2) is 0 Å². The molecule has 1 aromatic rings. The second-order valence-electron chi connectivity index (χ2n) is 5.63. The van der Waals surface area contributed by atoms with Crippen LogP contribution in [0.3, 0.4) is 0 Å². The second-order valence-corrected chi connectivity index (χ2v) is 5.63. The lowest BCUT2D eigenvalue weighted by atomic mass is 10.0.